The largest absolute Gasteiger partial charge is 0.423 e. The third kappa shape index (κ3) is 2.07. The molecule has 0 aromatic heterocycles. The van der Waals surface area contributed by atoms with Crippen molar-refractivity contribution in [3.63, 3.8) is 0 Å². The lowest BCUT2D eigenvalue weighted by atomic mass is 9.63. The molecule has 7 atom stereocenters. The number of para-hydroxylation sites is 1. The molecule has 2 amide bonds. The predicted octanol–water partition coefficient (Wildman–Crippen LogP) is 2.69. The van der Waals surface area contributed by atoms with E-state index in [-0.39, 0.29) is 41.2 Å². The van der Waals surface area contributed by atoms with Crippen LogP contribution in [-0.2, 0) is 14.4 Å². The number of rotatable bonds is 3. The predicted molar refractivity (Wildman–Crippen MR) is 93.1 cm³/mol. The van der Waals surface area contributed by atoms with Gasteiger partial charge in [0, 0.05) is 0 Å². The van der Waals surface area contributed by atoms with Crippen LogP contribution in [-0.4, -0.2) is 28.7 Å². The van der Waals surface area contributed by atoms with E-state index >= 15 is 0 Å². The van der Waals surface area contributed by atoms with Gasteiger partial charge in [0.15, 0.2) is 0 Å². The first-order valence-corrected chi connectivity index (χ1v) is 9.38. The molecule has 3 fully saturated rings. The van der Waals surface area contributed by atoms with Crippen LogP contribution in [0.1, 0.15) is 13.3 Å². The summed E-state index contributed by atoms with van der Waals surface area (Å²) in [6.07, 6.45) is 5.34. The number of hydrogen-bond donors (Lipinski definition) is 0. The van der Waals surface area contributed by atoms with Gasteiger partial charge in [0.05, 0.1) is 16.9 Å². The SMILES string of the molecule is C[C@H](C(=O)Oc1ccccc1Cl)N1C(=O)[C@H]2[C@@H]3C=C[C@H]([C@@H]4C[C@H]34)[C@@H]2C1=O. The van der Waals surface area contributed by atoms with Crippen LogP contribution >= 0.6 is 11.6 Å². The molecule has 1 aliphatic heterocycles. The fourth-order valence-electron chi connectivity index (χ4n) is 5.19. The van der Waals surface area contributed by atoms with Gasteiger partial charge in [-0.25, -0.2) is 4.79 Å². The second kappa shape index (κ2) is 5.43. The van der Waals surface area contributed by atoms with Gasteiger partial charge in [0.25, 0.3) is 0 Å². The van der Waals surface area contributed by atoms with Gasteiger partial charge in [-0.15, -0.1) is 0 Å². The van der Waals surface area contributed by atoms with Crippen LogP contribution in [0.25, 0.3) is 0 Å². The molecule has 1 aromatic carbocycles. The number of allylic oxidation sites excluding steroid dienone is 2. The first-order chi connectivity index (χ1) is 12.5. The van der Waals surface area contributed by atoms with Crippen LogP contribution in [0.4, 0.5) is 0 Å². The zero-order chi connectivity index (χ0) is 18.2. The van der Waals surface area contributed by atoms with Gasteiger partial charge in [-0.3, -0.25) is 14.5 Å². The fourth-order valence-corrected chi connectivity index (χ4v) is 5.36. The standard InChI is InChI=1S/C20H18ClNO4/c1-9(20(25)26-15-5-3-2-4-14(15)21)22-18(23)16-10-6-7-11(13-8-12(10)13)17(16)19(22)24/h2-7,9-13,16-17H,8H2,1H3/t9-,10-,11-,12-,13+,16+,17+/m1/s1. The summed E-state index contributed by atoms with van der Waals surface area (Å²) in [5.74, 6) is -0.141. The fraction of sp³-hybridized carbons (Fsp3) is 0.450. The van der Waals surface area contributed by atoms with Gasteiger partial charge >= 0.3 is 5.97 Å². The van der Waals surface area contributed by atoms with E-state index in [0.717, 1.165) is 11.3 Å². The zero-order valence-electron chi connectivity index (χ0n) is 14.2. The first kappa shape index (κ1) is 16.1. The summed E-state index contributed by atoms with van der Waals surface area (Å²) in [5, 5.41) is 0.308. The summed E-state index contributed by atoms with van der Waals surface area (Å²) >= 11 is 6.02. The monoisotopic (exact) mass is 371 g/mol. The summed E-state index contributed by atoms with van der Waals surface area (Å²) in [7, 11) is 0. The van der Waals surface area contributed by atoms with Gasteiger partial charge in [-0.2, -0.15) is 0 Å². The Hall–Kier alpha value is -2.14. The molecule has 0 radical (unpaired) electrons. The third-order valence-corrected chi connectivity index (χ3v) is 6.78. The minimum atomic E-state index is -0.965. The number of benzene rings is 1. The molecule has 1 saturated heterocycles. The minimum absolute atomic E-state index is 0.142. The van der Waals surface area contributed by atoms with E-state index in [1.165, 1.54) is 0 Å². The Kier molecular flexibility index (Phi) is 3.35. The molecule has 5 aliphatic rings. The smallest absolute Gasteiger partial charge is 0.334 e. The second-order valence-electron chi connectivity index (χ2n) is 7.73. The Bertz CT molecular complexity index is 829. The van der Waals surface area contributed by atoms with E-state index in [1.807, 2.05) is 0 Å². The Morgan fingerprint density at radius 2 is 1.69 bits per heavy atom. The lowest BCUT2D eigenvalue weighted by molar-refractivity contribution is -0.152. The minimum Gasteiger partial charge on any atom is -0.423 e. The van der Waals surface area contributed by atoms with Crippen molar-refractivity contribution >= 4 is 29.4 Å². The third-order valence-electron chi connectivity index (χ3n) is 6.47. The van der Waals surface area contributed by atoms with E-state index in [0.29, 0.717) is 16.9 Å². The normalized spacial score (nSPS) is 37.4. The molecule has 6 heteroatoms. The van der Waals surface area contributed by atoms with Crippen LogP contribution in [0, 0.1) is 35.5 Å². The lowest BCUT2D eigenvalue weighted by Crippen LogP contribution is -2.45. The average Bonchev–Trinajstić information content (AvgIpc) is 3.41. The van der Waals surface area contributed by atoms with Crippen molar-refractivity contribution in [2.24, 2.45) is 35.5 Å². The highest BCUT2D eigenvalue weighted by Crippen LogP contribution is 2.65. The summed E-state index contributed by atoms with van der Waals surface area (Å²) < 4.78 is 5.34. The van der Waals surface area contributed by atoms with Crippen molar-refractivity contribution in [1.82, 2.24) is 4.90 Å². The summed E-state index contributed by atoms with van der Waals surface area (Å²) in [6, 6.07) is 5.67. The van der Waals surface area contributed by atoms with Crippen LogP contribution in [0.2, 0.25) is 5.02 Å². The van der Waals surface area contributed by atoms with E-state index in [2.05, 4.69) is 12.2 Å². The second-order valence-corrected chi connectivity index (χ2v) is 8.14. The van der Waals surface area contributed by atoms with E-state index in [4.69, 9.17) is 16.3 Å². The number of halogens is 1. The van der Waals surface area contributed by atoms with Crippen molar-refractivity contribution in [1.29, 1.82) is 0 Å². The molecule has 2 bridgehead atoms. The van der Waals surface area contributed by atoms with Crippen LogP contribution < -0.4 is 4.74 Å². The molecule has 4 aliphatic carbocycles. The molecule has 26 heavy (non-hydrogen) atoms. The molecule has 0 unspecified atom stereocenters. The number of carbonyl (C=O) groups is 3. The quantitative estimate of drug-likeness (QED) is 0.354. The Morgan fingerprint density at radius 1 is 1.12 bits per heavy atom. The van der Waals surface area contributed by atoms with Crippen molar-refractivity contribution in [3.8, 4) is 5.75 Å². The van der Waals surface area contributed by atoms with Gasteiger partial charge in [-0.1, -0.05) is 35.9 Å². The number of likely N-dealkylation sites (tertiary alicyclic amines) is 1. The van der Waals surface area contributed by atoms with Crippen molar-refractivity contribution in [2.75, 3.05) is 0 Å². The number of carbonyl (C=O) groups excluding carboxylic acids is 3. The van der Waals surface area contributed by atoms with Crippen LogP contribution in [0.15, 0.2) is 36.4 Å². The topological polar surface area (TPSA) is 63.7 Å². The molecule has 134 valence electrons. The highest BCUT2D eigenvalue weighted by Gasteiger charge is 2.67. The zero-order valence-corrected chi connectivity index (χ0v) is 14.9. The molecule has 0 spiro atoms. The van der Waals surface area contributed by atoms with Gasteiger partial charge in [0.1, 0.15) is 11.8 Å². The number of ether oxygens (including phenoxy) is 1. The van der Waals surface area contributed by atoms with Crippen molar-refractivity contribution in [3.05, 3.63) is 41.4 Å². The molecule has 1 aromatic rings. The molecular formula is C20H18ClNO4. The summed E-state index contributed by atoms with van der Waals surface area (Å²) in [5.41, 5.74) is 0. The molecule has 6 rings (SSSR count). The van der Waals surface area contributed by atoms with E-state index in [1.54, 1.807) is 31.2 Å². The van der Waals surface area contributed by atoms with Gasteiger partial charge < -0.3 is 4.74 Å². The Morgan fingerprint density at radius 3 is 2.27 bits per heavy atom. The maximum atomic E-state index is 13.0. The number of nitrogens with zero attached hydrogens (tertiary/aromatic N) is 1. The van der Waals surface area contributed by atoms with Gasteiger partial charge in [0.2, 0.25) is 11.8 Å². The van der Waals surface area contributed by atoms with E-state index < -0.39 is 12.0 Å². The highest BCUT2D eigenvalue weighted by molar-refractivity contribution is 6.32. The van der Waals surface area contributed by atoms with Gasteiger partial charge in [-0.05, 0) is 49.1 Å². The van der Waals surface area contributed by atoms with Crippen LogP contribution in [0.5, 0.6) is 5.75 Å². The first-order valence-electron chi connectivity index (χ1n) is 9.00. The number of amides is 2. The van der Waals surface area contributed by atoms with Crippen molar-refractivity contribution < 1.29 is 19.1 Å². The Labute approximate surface area is 155 Å². The summed E-state index contributed by atoms with van der Waals surface area (Å²) in [4.78, 5) is 39.7. The molecular weight excluding hydrogens is 354 g/mol. The molecule has 0 N–H and O–H groups in total. The van der Waals surface area contributed by atoms with Crippen molar-refractivity contribution in [2.45, 2.75) is 19.4 Å². The number of hydrogen-bond acceptors (Lipinski definition) is 4. The highest BCUT2D eigenvalue weighted by atomic mass is 35.5. The maximum absolute atomic E-state index is 13.0. The molecule has 2 saturated carbocycles. The van der Waals surface area contributed by atoms with Crippen LogP contribution in [0.3, 0.4) is 0 Å². The lowest BCUT2D eigenvalue weighted by Gasteiger charge is -2.37. The number of imide groups is 1. The average molecular weight is 372 g/mol. The molecule has 5 nitrogen and oxygen atoms in total. The van der Waals surface area contributed by atoms with E-state index in [9.17, 15) is 14.4 Å². The molecule has 1 heterocycles. The maximum Gasteiger partial charge on any atom is 0.334 e. The summed E-state index contributed by atoms with van der Waals surface area (Å²) in [6.45, 7) is 1.54. The number of esters is 1. The Balaban J connectivity index is 1.39.